The molecule has 4 nitrogen and oxygen atoms in total. The molecule has 0 aliphatic carbocycles. The van der Waals surface area contributed by atoms with Gasteiger partial charge in [0.25, 0.3) is 0 Å². The van der Waals surface area contributed by atoms with Gasteiger partial charge in [-0.1, -0.05) is 219 Å². The molecule has 0 aromatic carbocycles. The molecule has 46 heavy (non-hydrogen) atoms. The number of rotatable bonds is 40. The molecule has 0 radical (unpaired) electrons. The molecule has 4 heteroatoms. The van der Waals surface area contributed by atoms with Crippen LogP contribution in [0.1, 0.15) is 239 Å². The molecule has 1 N–H and O–H groups in total. The van der Waals surface area contributed by atoms with Crippen LogP contribution in [0.25, 0.3) is 0 Å². The Morgan fingerprint density at radius 2 is 0.717 bits per heavy atom. The highest BCUT2D eigenvalue weighted by atomic mass is 16.6. The Balaban J connectivity index is 3.33. The van der Waals surface area contributed by atoms with Gasteiger partial charge in [-0.2, -0.15) is 0 Å². The van der Waals surface area contributed by atoms with Crippen LogP contribution in [0, 0.1) is 0 Å². The molecule has 0 saturated heterocycles. The third-order valence-corrected chi connectivity index (χ3v) is 9.68. The second kappa shape index (κ2) is 40.6. The highest BCUT2D eigenvalue weighted by Crippen LogP contribution is 2.16. The van der Waals surface area contributed by atoms with Crippen LogP contribution >= 0.6 is 0 Å². The molecule has 0 bridgehead atoms. The quantitative estimate of drug-likeness (QED) is 0.0528. The average Bonchev–Trinajstić information content (AvgIpc) is 3.06. The number of esters is 1. The van der Waals surface area contributed by atoms with Crippen LogP contribution in [0.2, 0.25) is 0 Å². The van der Waals surface area contributed by atoms with Gasteiger partial charge in [0.05, 0.1) is 13.2 Å². The lowest BCUT2D eigenvalue weighted by Crippen LogP contribution is -2.27. The minimum absolute atomic E-state index is 0.163. The summed E-state index contributed by atoms with van der Waals surface area (Å²) in [7, 11) is 0. The Labute approximate surface area is 289 Å². The summed E-state index contributed by atoms with van der Waals surface area (Å²) >= 11 is 0. The molecule has 276 valence electrons. The Kier molecular flexibility index (Phi) is 40.0. The number of unbranched alkanes of at least 4 members (excludes halogenated alkanes) is 32. The molecule has 0 spiro atoms. The van der Waals surface area contributed by atoms with E-state index in [2.05, 4.69) is 13.8 Å². The van der Waals surface area contributed by atoms with Gasteiger partial charge >= 0.3 is 5.97 Å². The molecule has 0 heterocycles. The number of hydrogen-bond donors (Lipinski definition) is 1. The maximum Gasteiger partial charge on any atom is 0.306 e. The molecule has 0 aromatic rings. The molecule has 0 rings (SSSR count). The molecule has 0 saturated carbocycles. The van der Waals surface area contributed by atoms with Gasteiger partial charge < -0.3 is 14.6 Å². The summed E-state index contributed by atoms with van der Waals surface area (Å²) in [4.78, 5) is 12.2. The fraction of sp³-hybridized carbons (Fsp3) is 0.976. The largest absolute Gasteiger partial charge is 0.457 e. The van der Waals surface area contributed by atoms with Crippen LogP contribution in [0.4, 0.5) is 0 Å². The lowest BCUT2D eigenvalue weighted by Gasteiger charge is -2.16. The number of carbonyl (C=O) groups excluding carboxylic acids is 1. The standard InChI is InChI=1S/C42H84O4/c1-3-5-7-9-11-13-15-16-17-18-19-20-21-22-23-24-25-26-27-29-31-33-35-37-42(44)46-41(39-43)40-45-38-36-34-32-30-28-14-12-10-8-6-4-2/h41,43H,3-40H2,1-2H3. The summed E-state index contributed by atoms with van der Waals surface area (Å²) in [5.74, 6) is -0.194. The zero-order valence-electron chi connectivity index (χ0n) is 31.6. The average molecular weight is 653 g/mol. The summed E-state index contributed by atoms with van der Waals surface area (Å²) < 4.78 is 11.1. The van der Waals surface area contributed by atoms with Gasteiger partial charge in [-0.3, -0.25) is 4.79 Å². The first-order chi connectivity index (χ1) is 22.7. The van der Waals surface area contributed by atoms with E-state index in [1.54, 1.807) is 0 Å². The van der Waals surface area contributed by atoms with Crippen LogP contribution < -0.4 is 0 Å². The van der Waals surface area contributed by atoms with E-state index in [1.165, 1.54) is 199 Å². The second-order valence-corrected chi connectivity index (χ2v) is 14.4. The molecule has 0 amide bonds. The molecular weight excluding hydrogens is 568 g/mol. The topological polar surface area (TPSA) is 55.8 Å². The molecule has 0 aromatic heterocycles. The molecule has 1 unspecified atom stereocenters. The predicted molar refractivity (Wildman–Crippen MR) is 201 cm³/mol. The van der Waals surface area contributed by atoms with E-state index >= 15 is 0 Å². The zero-order chi connectivity index (χ0) is 33.4. The van der Waals surface area contributed by atoms with E-state index in [-0.39, 0.29) is 12.6 Å². The monoisotopic (exact) mass is 653 g/mol. The first-order valence-corrected chi connectivity index (χ1v) is 21.1. The molecular formula is C42H84O4. The third-order valence-electron chi connectivity index (χ3n) is 9.68. The van der Waals surface area contributed by atoms with Crippen LogP contribution in [-0.4, -0.2) is 37.0 Å². The summed E-state index contributed by atoms with van der Waals surface area (Å²) in [5, 5.41) is 9.57. The zero-order valence-corrected chi connectivity index (χ0v) is 31.6. The van der Waals surface area contributed by atoms with Crippen molar-refractivity contribution in [1.29, 1.82) is 0 Å². The van der Waals surface area contributed by atoms with Crippen molar-refractivity contribution in [3.8, 4) is 0 Å². The Morgan fingerprint density at radius 3 is 1.02 bits per heavy atom. The van der Waals surface area contributed by atoms with Crippen molar-refractivity contribution < 1.29 is 19.4 Å². The fourth-order valence-electron chi connectivity index (χ4n) is 6.51. The molecule has 0 aliphatic rings. The first kappa shape index (κ1) is 45.4. The number of aliphatic hydroxyl groups is 1. The van der Waals surface area contributed by atoms with E-state index in [4.69, 9.17) is 9.47 Å². The molecule has 0 fully saturated rings. The number of ether oxygens (including phenoxy) is 2. The van der Waals surface area contributed by atoms with Crippen LogP contribution in [0.3, 0.4) is 0 Å². The van der Waals surface area contributed by atoms with Gasteiger partial charge in [-0.15, -0.1) is 0 Å². The van der Waals surface area contributed by atoms with Crippen molar-refractivity contribution in [1.82, 2.24) is 0 Å². The Bertz CT molecular complexity index is 566. The minimum Gasteiger partial charge on any atom is -0.457 e. The lowest BCUT2D eigenvalue weighted by atomic mass is 10.0. The first-order valence-electron chi connectivity index (χ1n) is 21.1. The van der Waals surface area contributed by atoms with E-state index in [1.807, 2.05) is 0 Å². The van der Waals surface area contributed by atoms with Crippen molar-refractivity contribution in [3.05, 3.63) is 0 Å². The Hall–Kier alpha value is -0.610. The number of aliphatic hydroxyl groups excluding tert-OH is 1. The van der Waals surface area contributed by atoms with E-state index < -0.39 is 6.10 Å². The van der Waals surface area contributed by atoms with Crippen LogP contribution in [-0.2, 0) is 14.3 Å². The highest BCUT2D eigenvalue weighted by Gasteiger charge is 2.13. The summed E-state index contributed by atoms with van der Waals surface area (Å²) in [6, 6.07) is 0. The molecule has 1 atom stereocenters. The fourth-order valence-corrected chi connectivity index (χ4v) is 6.51. The van der Waals surface area contributed by atoms with E-state index in [0.717, 1.165) is 19.3 Å². The number of carbonyl (C=O) groups is 1. The highest BCUT2D eigenvalue weighted by molar-refractivity contribution is 5.69. The summed E-state index contributed by atoms with van der Waals surface area (Å²) in [6.45, 7) is 5.39. The van der Waals surface area contributed by atoms with E-state index in [9.17, 15) is 9.90 Å². The second-order valence-electron chi connectivity index (χ2n) is 14.4. The van der Waals surface area contributed by atoms with Crippen LogP contribution in [0.5, 0.6) is 0 Å². The van der Waals surface area contributed by atoms with Gasteiger partial charge in [0.2, 0.25) is 0 Å². The predicted octanol–water partition coefficient (Wildman–Crippen LogP) is 13.6. The molecule has 0 aliphatic heterocycles. The van der Waals surface area contributed by atoms with Crippen molar-refractivity contribution in [3.63, 3.8) is 0 Å². The smallest absolute Gasteiger partial charge is 0.306 e. The Morgan fingerprint density at radius 1 is 0.435 bits per heavy atom. The van der Waals surface area contributed by atoms with Gasteiger partial charge in [0, 0.05) is 13.0 Å². The van der Waals surface area contributed by atoms with Gasteiger partial charge in [0.15, 0.2) is 0 Å². The van der Waals surface area contributed by atoms with Crippen molar-refractivity contribution in [2.45, 2.75) is 245 Å². The SMILES string of the molecule is CCCCCCCCCCCCCCCCCCCCCCCCCC(=O)OC(CO)COCCCCCCCCCCCCC. The van der Waals surface area contributed by atoms with Gasteiger partial charge in [0.1, 0.15) is 6.10 Å². The van der Waals surface area contributed by atoms with Crippen molar-refractivity contribution in [2.24, 2.45) is 0 Å². The van der Waals surface area contributed by atoms with Crippen LogP contribution in [0.15, 0.2) is 0 Å². The lowest BCUT2D eigenvalue weighted by molar-refractivity contribution is -0.154. The minimum atomic E-state index is -0.523. The van der Waals surface area contributed by atoms with Crippen molar-refractivity contribution >= 4 is 5.97 Å². The maximum absolute atomic E-state index is 12.2. The van der Waals surface area contributed by atoms with Crippen molar-refractivity contribution in [2.75, 3.05) is 19.8 Å². The number of hydrogen-bond acceptors (Lipinski definition) is 4. The summed E-state index contributed by atoms with van der Waals surface area (Å²) in [5.41, 5.74) is 0. The van der Waals surface area contributed by atoms with E-state index in [0.29, 0.717) is 19.6 Å². The third kappa shape index (κ3) is 37.8. The van der Waals surface area contributed by atoms with Gasteiger partial charge in [-0.25, -0.2) is 0 Å². The summed E-state index contributed by atoms with van der Waals surface area (Å²) in [6.07, 6.45) is 45.9. The maximum atomic E-state index is 12.2. The van der Waals surface area contributed by atoms with Gasteiger partial charge in [-0.05, 0) is 12.8 Å². The normalized spacial score (nSPS) is 12.2.